The van der Waals surface area contributed by atoms with Crippen molar-refractivity contribution in [2.75, 3.05) is 11.9 Å². The Labute approximate surface area is 160 Å². The second-order valence-corrected chi connectivity index (χ2v) is 6.73. The largest absolute Gasteiger partial charge is 0.465 e. The quantitative estimate of drug-likeness (QED) is 0.739. The van der Waals surface area contributed by atoms with Gasteiger partial charge in [-0.1, -0.05) is 48.5 Å². The number of hydrogen-bond acceptors (Lipinski definition) is 4. The fraction of sp³-hybridized carbons (Fsp3) is 0.364. The fourth-order valence-electron chi connectivity index (χ4n) is 3.38. The predicted molar refractivity (Wildman–Crippen MR) is 106 cm³/mol. The normalized spacial score (nSPS) is 17.4. The number of esters is 1. The Morgan fingerprint density at radius 1 is 1.19 bits per heavy atom. The van der Waals surface area contributed by atoms with Gasteiger partial charge >= 0.3 is 5.97 Å². The molecule has 0 aliphatic carbocycles. The summed E-state index contributed by atoms with van der Waals surface area (Å²) in [6, 6.07) is 16.9. The SMILES string of the molecule is CCOC(=O)C(CCc1ccccc1)N[C@H]1CCc2ccccc2NC1=O. The number of para-hydroxylation sites is 1. The number of hydrogen-bond donors (Lipinski definition) is 2. The summed E-state index contributed by atoms with van der Waals surface area (Å²) in [7, 11) is 0. The van der Waals surface area contributed by atoms with Crippen molar-refractivity contribution in [3.8, 4) is 0 Å². The van der Waals surface area contributed by atoms with Gasteiger partial charge in [0.1, 0.15) is 6.04 Å². The van der Waals surface area contributed by atoms with Gasteiger partial charge in [0.05, 0.1) is 12.6 Å². The molecular weight excluding hydrogens is 340 g/mol. The molecule has 0 bridgehead atoms. The van der Waals surface area contributed by atoms with Crippen molar-refractivity contribution in [1.82, 2.24) is 5.32 Å². The predicted octanol–water partition coefficient (Wildman–Crippen LogP) is 3.09. The molecule has 0 spiro atoms. The van der Waals surface area contributed by atoms with E-state index in [4.69, 9.17) is 4.74 Å². The molecule has 2 atom stereocenters. The van der Waals surface area contributed by atoms with Gasteiger partial charge in [-0.3, -0.25) is 14.9 Å². The highest BCUT2D eigenvalue weighted by Gasteiger charge is 2.29. The van der Waals surface area contributed by atoms with Crippen LogP contribution in [0, 0.1) is 0 Å². The number of benzene rings is 2. The second-order valence-electron chi connectivity index (χ2n) is 6.73. The number of carbonyl (C=O) groups is 2. The van der Waals surface area contributed by atoms with Gasteiger partial charge in [0, 0.05) is 5.69 Å². The van der Waals surface area contributed by atoms with E-state index in [2.05, 4.69) is 10.6 Å². The highest BCUT2D eigenvalue weighted by Crippen LogP contribution is 2.22. The molecule has 2 aromatic carbocycles. The van der Waals surface area contributed by atoms with E-state index in [0.717, 1.165) is 29.7 Å². The lowest BCUT2D eigenvalue weighted by Gasteiger charge is -2.23. The van der Waals surface area contributed by atoms with Crippen molar-refractivity contribution in [3.63, 3.8) is 0 Å². The molecule has 1 heterocycles. The molecule has 3 rings (SSSR count). The second kappa shape index (κ2) is 9.33. The van der Waals surface area contributed by atoms with Crippen LogP contribution in [0.5, 0.6) is 0 Å². The molecule has 2 aromatic rings. The topological polar surface area (TPSA) is 67.4 Å². The van der Waals surface area contributed by atoms with Gasteiger partial charge in [0.25, 0.3) is 0 Å². The first-order valence-corrected chi connectivity index (χ1v) is 9.52. The van der Waals surface area contributed by atoms with Crippen LogP contribution in [-0.4, -0.2) is 30.6 Å². The maximum absolute atomic E-state index is 12.6. The maximum atomic E-state index is 12.6. The highest BCUT2D eigenvalue weighted by molar-refractivity contribution is 5.96. The van der Waals surface area contributed by atoms with Crippen LogP contribution in [0.4, 0.5) is 5.69 Å². The van der Waals surface area contributed by atoms with E-state index in [0.29, 0.717) is 19.4 Å². The van der Waals surface area contributed by atoms with Gasteiger partial charge in [-0.05, 0) is 49.8 Å². The van der Waals surface area contributed by atoms with Crippen LogP contribution in [0.15, 0.2) is 54.6 Å². The van der Waals surface area contributed by atoms with E-state index in [1.165, 1.54) is 0 Å². The maximum Gasteiger partial charge on any atom is 0.323 e. The molecule has 1 unspecified atom stereocenters. The third kappa shape index (κ3) is 5.17. The molecule has 0 saturated carbocycles. The number of amides is 1. The summed E-state index contributed by atoms with van der Waals surface area (Å²) >= 11 is 0. The van der Waals surface area contributed by atoms with Gasteiger partial charge < -0.3 is 10.1 Å². The molecular formula is C22H26N2O3. The molecule has 1 aliphatic heterocycles. The van der Waals surface area contributed by atoms with Crippen LogP contribution in [0.2, 0.25) is 0 Å². The van der Waals surface area contributed by atoms with Gasteiger partial charge in [0.2, 0.25) is 5.91 Å². The minimum absolute atomic E-state index is 0.103. The van der Waals surface area contributed by atoms with Crippen LogP contribution in [0.3, 0.4) is 0 Å². The monoisotopic (exact) mass is 366 g/mol. The van der Waals surface area contributed by atoms with E-state index >= 15 is 0 Å². The van der Waals surface area contributed by atoms with Crippen LogP contribution in [0.25, 0.3) is 0 Å². The number of fused-ring (bicyclic) bond motifs is 1. The van der Waals surface area contributed by atoms with E-state index in [1.54, 1.807) is 6.92 Å². The minimum atomic E-state index is -0.512. The van der Waals surface area contributed by atoms with E-state index in [9.17, 15) is 9.59 Å². The summed E-state index contributed by atoms with van der Waals surface area (Å²) in [5.41, 5.74) is 3.13. The third-order valence-electron chi connectivity index (χ3n) is 4.83. The molecule has 0 saturated heterocycles. The first kappa shape index (κ1) is 19.1. The molecule has 27 heavy (non-hydrogen) atoms. The third-order valence-corrected chi connectivity index (χ3v) is 4.83. The summed E-state index contributed by atoms with van der Waals surface area (Å²) in [4.78, 5) is 25.1. The molecule has 5 nitrogen and oxygen atoms in total. The van der Waals surface area contributed by atoms with Gasteiger partial charge in [0.15, 0.2) is 0 Å². The van der Waals surface area contributed by atoms with Gasteiger partial charge in [-0.25, -0.2) is 0 Å². The molecule has 2 N–H and O–H groups in total. The minimum Gasteiger partial charge on any atom is -0.465 e. The molecule has 0 aromatic heterocycles. The number of nitrogens with one attached hydrogen (secondary N) is 2. The van der Waals surface area contributed by atoms with Crippen molar-refractivity contribution >= 4 is 17.6 Å². The lowest BCUT2D eigenvalue weighted by molar-refractivity contribution is -0.146. The van der Waals surface area contributed by atoms with Crippen molar-refractivity contribution in [1.29, 1.82) is 0 Å². The fourth-order valence-corrected chi connectivity index (χ4v) is 3.38. The van der Waals surface area contributed by atoms with Gasteiger partial charge in [-0.2, -0.15) is 0 Å². The Hall–Kier alpha value is -2.66. The Balaban J connectivity index is 1.67. The zero-order valence-electron chi connectivity index (χ0n) is 15.6. The summed E-state index contributed by atoms with van der Waals surface area (Å²) in [6.07, 6.45) is 2.75. The van der Waals surface area contributed by atoms with Crippen LogP contribution in [0.1, 0.15) is 30.9 Å². The smallest absolute Gasteiger partial charge is 0.323 e. The van der Waals surface area contributed by atoms with E-state index in [-0.39, 0.29) is 11.9 Å². The molecule has 1 amide bonds. The zero-order valence-corrected chi connectivity index (χ0v) is 15.6. The molecule has 0 fully saturated rings. The number of carbonyl (C=O) groups excluding carboxylic acids is 2. The standard InChI is InChI=1S/C22H26N2O3/c1-2-27-22(26)20(14-12-16-8-4-3-5-9-16)23-19-15-13-17-10-6-7-11-18(17)24-21(19)25/h3-11,19-20,23H,2,12-15H2,1H3,(H,24,25)/t19-,20?/m0/s1. The van der Waals surface area contributed by atoms with Crippen molar-refractivity contribution in [2.24, 2.45) is 0 Å². The van der Waals surface area contributed by atoms with Crippen LogP contribution in [-0.2, 0) is 27.2 Å². The molecule has 5 heteroatoms. The number of anilines is 1. The number of rotatable bonds is 7. The number of aryl methyl sites for hydroxylation is 2. The van der Waals surface area contributed by atoms with Crippen molar-refractivity contribution in [2.45, 2.75) is 44.7 Å². The number of ether oxygens (including phenoxy) is 1. The van der Waals surface area contributed by atoms with Crippen molar-refractivity contribution in [3.05, 3.63) is 65.7 Å². The average molecular weight is 366 g/mol. The Morgan fingerprint density at radius 3 is 2.70 bits per heavy atom. The van der Waals surface area contributed by atoms with Crippen LogP contribution < -0.4 is 10.6 Å². The van der Waals surface area contributed by atoms with E-state index < -0.39 is 12.1 Å². The lowest BCUT2D eigenvalue weighted by atomic mass is 10.0. The van der Waals surface area contributed by atoms with Gasteiger partial charge in [-0.15, -0.1) is 0 Å². The first-order valence-electron chi connectivity index (χ1n) is 9.52. The summed E-state index contributed by atoms with van der Waals surface area (Å²) in [5, 5.41) is 6.22. The molecule has 0 radical (unpaired) electrons. The summed E-state index contributed by atoms with van der Waals surface area (Å²) in [6.45, 7) is 2.12. The summed E-state index contributed by atoms with van der Waals surface area (Å²) < 4.78 is 5.23. The van der Waals surface area contributed by atoms with Crippen molar-refractivity contribution < 1.29 is 14.3 Å². The lowest BCUT2D eigenvalue weighted by Crippen LogP contribution is -2.49. The highest BCUT2D eigenvalue weighted by atomic mass is 16.5. The van der Waals surface area contributed by atoms with E-state index in [1.807, 2.05) is 54.6 Å². The van der Waals surface area contributed by atoms with Crippen LogP contribution >= 0.6 is 0 Å². The Bertz CT molecular complexity index is 776. The molecule has 142 valence electrons. The Morgan fingerprint density at radius 2 is 1.93 bits per heavy atom. The summed E-state index contributed by atoms with van der Waals surface area (Å²) in [5.74, 6) is -0.406. The molecule has 1 aliphatic rings. The average Bonchev–Trinajstić information content (AvgIpc) is 2.84. The first-order chi connectivity index (χ1) is 13.2. The Kier molecular flexibility index (Phi) is 6.60. The zero-order chi connectivity index (χ0) is 19.1.